The van der Waals surface area contributed by atoms with Crippen LogP contribution in [0.4, 0.5) is 0 Å². The Morgan fingerprint density at radius 1 is 1.32 bits per heavy atom. The Balaban J connectivity index is 1.47. The van der Waals surface area contributed by atoms with Crippen molar-refractivity contribution < 1.29 is 0 Å². The minimum Gasteiger partial charge on any atom is -0.311 e. The van der Waals surface area contributed by atoms with Crippen molar-refractivity contribution in [2.75, 3.05) is 13.1 Å². The van der Waals surface area contributed by atoms with Gasteiger partial charge in [0.25, 0.3) is 0 Å². The minimum atomic E-state index is 0.745. The van der Waals surface area contributed by atoms with Crippen molar-refractivity contribution in [3.05, 3.63) is 16.1 Å². The van der Waals surface area contributed by atoms with Crippen LogP contribution in [0.25, 0.3) is 0 Å². The maximum atomic E-state index is 4.66. The summed E-state index contributed by atoms with van der Waals surface area (Å²) >= 11 is 1.78. The monoisotopic (exact) mass is 277 g/mol. The van der Waals surface area contributed by atoms with Gasteiger partial charge in [-0.2, -0.15) is 0 Å². The second kappa shape index (κ2) is 4.83. The molecule has 0 amide bonds. The fraction of sp³-hybridized carbons (Fsp3) is 0.800. The smallest absolute Gasteiger partial charge is 0.0897 e. The minimum absolute atomic E-state index is 0.745. The maximum Gasteiger partial charge on any atom is 0.0897 e. The highest BCUT2D eigenvalue weighted by molar-refractivity contribution is 7.09. The molecule has 2 aliphatic carbocycles. The van der Waals surface area contributed by atoms with Crippen LogP contribution >= 0.6 is 11.3 Å². The van der Waals surface area contributed by atoms with Crippen molar-refractivity contribution in [3.63, 3.8) is 0 Å². The largest absolute Gasteiger partial charge is 0.311 e. The Morgan fingerprint density at radius 3 is 2.74 bits per heavy atom. The zero-order valence-corrected chi connectivity index (χ0v) is 12.5. The molecule has 1 aromatic rings. The van der Waals surface area contributed by atoms with Gasteiger partial charge < -0.3 is 5.32 Å². The fourth-order valence-corrected chi connectivity index (χ4v) is 4.09. The molecule has 4 rings (SSSR count). The van der Waals surface area contributed by atoms with Crippen LogP contribution in [0.15, 0.2) is 5.38 Å². The summed E-state index contributed by atoms with van der Waals surface area (Å²) in [6, 6.07) is 1.51. The van der Waals surface area contributed by atoms with Crippen LogP contribution in [-0.2, 0) is 6.54 Å². The third-order valence-corrected chi connectivity index (χ3v) is 5.70. The van der Waals surface area contributed by atoms with Gasteiger partial charge in [0.15, 0.2) is 0 Å². The van der Waals surface area contributed by atoms with Gasteiger partial charge in [0, 0.05) is 37.1 Å². The van der Waals surface area contributed by atoms with E-state index in [9.17, 15) is 0 Å². The molecule has 3 aliphatic rings. The number of rotatable bonds is 4. The SMILES string of the molecule is Cc1nc(CN2CC(C3CC3)NCC2C2CC2)cs1. The van der Waals surface area contributed by atoms with E-state index in [2.05, 4.69) is 27.5 Å². The van der Waals surface area contributed by atoms with Crippen LogP contribution < -0.4 is 5.32 Å². The second-order valence-electron chi connectivity index (χ2n) is 6.54. The molecule has 0 bridgehead atoms. The molecule has 4 heteroatoms. The highest BCUT2D eigenvalue weighted by Gasteiger charge is 2.42. The molecule has 2 heterocycles. The van der Waals surface area contributed by atoms with E-state index in [0.29, 0.717) is 0 Å². The number of aromatic nitrogens is 1. The van der Waals surface area contributed by atoms with Crippen LogP contribution in [0.3, 0.4) is 0 Å². The van der Waals surface area contributed by atoms with Crippen LogP contribution in [0.1, 0.15) is 36.4 Å². The van der Waals surface area contributed by atoms with Gasteiger partial charge >= 0.3 is 0 Å². The molecule has 2 atom stereocenters. The predicted octanol–water partition coefficient (Wildman–Crippen LogP) is 2.41. The lowest BCUT2D eigenvalue weighted by molar-refractivity contribution is 0.0992. The van der Waals surface area contributed by atoms with Gasteiger partial charge in [-0.1, -0.05) is 0 Å². The molecule has 1 aliphatic heterocycles. The van der Waals surface area contributed by atoms with E-state index < -0.39 is 0 Å². The summed E-state index contributed by atoms with van der Waals surface area (Å²) in [5, 5.41) is 7.26. The molecule has 1 aromatic heterocycles. The summed E-state index contributed by atoms with van der Waals surface area (Å²) in [7, 11) is 0. The van der Waals surface area contributed by atoms with Crippen LogP contribution in [0.5, 0.6) is 0 Å². The lowest BCUT2D eigenvalue weighted by Crippen LogP contribution is -2.57. The van der Waals surface area contributed by atoms with Crippen molar-refractivity contribution in [1.29, 1.82) is 0 Å². The predicted molar refractivity (Wildman–Crippen MR) is 78.3 cm³/mol. The van der Waals surface area contributed by atoms with Crippen molar-refractivity contribution in [3.8, 4) is 0 Å². The van der Waals surface area contributed by atoms with Gasteiger partial charge in [-0.05, 0) is 44.4 Å². The van der Waals surface area contributed by atoms with Gasteiger partial charge in [0.2, 0.25) is 0 Å². The first-order chi connectivity index (χ1) is 9.29. The standard InChI is InChI=1S/C15H23N3S/c1-10-17-13(9-19-10)7-18-8-14(11-2-3-11)16-6-15(18)12-4-5-12/h9,11-12,14-16H,2-8H2,1H3. The van der Waals surface area contributed by atoms with E-state index in [1.807, 2.05) is 0 Å². The Bertz CT molecular complexity index is 450. The van der Waals surface area contributed by atoms with Crippen LogP contribution in [0.2, 0.25) is 0 Å². The molecule has 0 aromatic carbocycles. The van der Waals surface area contributed by atoms with Crippen molar-refractivity contribution in [1.82, 2.24) is 15.2 Å². The van der Waals surface area contributed by atoms with Crippen molar-refractivity contribution in [2.45, 2.75) is 51.2 Å². The summed E-state index contributed by atoms with van der Waals surface area (Å²) in [6.07, 6.45) is 5.75. The third-order valence-electron chi connectivity index (χ3n) is 4.88. The fourth-order valence-electron chi connectivity index (χ4n) is 3.48. The topological polar surface area (TPSA) is 28.2 Å². The van der Waals surface area contributed by atoms with E-state index in [-0.39, 0.29) is 0 Å². The molecular formula is C15H23N3S. The van der Waals surface area contributed by atoms with E-state index in [4.69, 9.17) is 0 Å². The van der Waals surface area contributed by atoms with E-state index in [1.54, 1.807) is 11.3 Å². The van der Waals surface area contributed by atoms with Crippen LogP contribution in [0, 0.1) is 18.8 Å². The molecular weight excluding hydrogens is 254 g/mol. The number of nitrogens with zero attached hydrogens (tertiary/aromatic N) is 2. The first-order valence-corrected chi connectivity index (χ1v) is 8.56. The lowest BCUT2D eigenvalue weighted by Gasteiger charge is -2.40. The molecule has 2 saturated carbocycles. The normalized spacial score (nSPS) is 32.7. The van der Waals surface area contributed by atoms with Gasteiger partial charge in [0.1, 0.15) is 0 Å². The first-order valence-electron chi connectivity index (χ1n) is 7.68. The van der Waals surface area contributed by atoms with Crippen molar-refractivity contribution in [2.24, 2.45) is 11.8 Å². The number of piperazine rings is 1. The number of nitrogens with one attached hydrogen (secondary N) is 1. The highest BCUT2D eigenvalue weighted by Crippen LogP contribution is 2.40. The number of aryl methyl sites for hydroxylation is 1. The van der Waals surface area contributed by atoms with Gasteiger partial charge in [0.05, 0.1) is 10.7 Å². The van der Waals surface area contributed by atoms with Gasteiger partial charge in [-0.15, -0.1) is 11.3 Å². The summed E-state index contributed by atoms with van der Waals surface area (Å²) in [6.45, 7) is 5.62. The Morgan fingerprint density at radius 2 is 2.11 bits per heavy atom. The average Bonchev–Trinajstić information content (AvgIpc) is 3.29. The molecule has 0 spiro atoms. The molecule has 2 unspecified atom stereocenters. The van der Waals surface area contributed by atoms with Gasteiger partial charge in [-0.3, -0.25) is 4.90 Å². The number of thiazole rings is 1. The zero-order valence-electron chi connectivity index (χ0n) is 11.6. The van der Waals surface area contributed by atoms with E-state index in [1.165, 1.54) is 49.5 Å². The average molecular weight is 277 g/mol. The van der Waals surface area contributed by atoms with E-state index in [0.717, 1.165) is 30.5 Å². The number of hydrogen-bond donors (Lipinski definition) is 1. The molecule has 0 radical (unpaired) electrons. The molecule has 1 saturated heterocycles. The molecule has 3 fully saturated rings. The summed E-state index contributed by atoms with van der Waals surface area (Å²) in [5.74, 6) is 1.91. The lowest BCUT2D eigenvalue weighted by atomic mass is 10.0. The number of hydrogen-bond acceptors (Lipinski definition) is 4. The Hall–Kier alpha value is -0.450. The zero-order chi connectivity index (χ0) is 12.8. The summed E-state index contributed by atoms with van der Waals surface area (Å²) in [4.78, 5) is 7.39. The maximum absolute atomic E-state index is 4.66. The Kier molecular flexibility index (Phi) is 3.13. The highest BCUT2D eigenvalue weighted by atomic mass is 32.1. The summed E-state index contributed by atoms with van der Waals surface area (Å²) < 4.78 is 0. The molecule has 1 N–H and O–H groups in total. The molecule has 104 valence electrons. The quantitative estimate of drug-likeness (QED) is 0.916. The van der Waals surface area contributed by atoms with Gasteiger partial charge in [-0.25, -0.2) is 4.98 Å². The molecule has 3 nitrogen and oxygen atoms in total. The first kappa shape index (κ1) is 12.3. The van der Waals surface area contributed by atoms with Crippen LogP contribution in [-0.4, -0.2) is 35.1 Å². The van der Waals surface area contributed by atoms with Crippen molar-refractivity contribution >= 4 is 11.3 Å². The molecule has 19 heavy (non-hydrogen) atoms. The second-order valence-corrected chi connectivity index (χ2v) is 7.61. The summed E-state index contributed by atoms with van der Waals surface area (Å²) in [5.41, 5.74) is 1.28. The Labute approximate surface area is 119 Å². The van der Waals surface area contributed by atoms with E-state index >= 15 is 0 Å². The third kappa shape index (κ3) is 2.71.